The molecule has 1 fully saturated rings. The zero-order chi connectivity index (χ0) is 19.3. The Balaban J connectivity index is 1.68. The highest BCUT2D eigenvalue weighted by Crippen LogP contribution is 2.21. The number of piperidine rings is 1. The zero-order valence-corrected chi connectivity index (χ0v) is 15.7. The van der Waals surface area contributed by atoms with Crippen molar-refractivity contribution in [2.24, 2.45) is 0 Å². The fraction of sp³-hybridized carbons (Fsp3) is 0.300. The second-order valence-corrected chi connectivity index (χ2v) is 8.42. The van der Waals surface area contributed by atoms with Crippen molar-refractivity contribution in [3.05, 3.63) is 65.2 Å². The summed E-state index contributed by atoms with van der Waals surface area (Å²) in [5, 5.41) is 11.6. The third kappa shape index (κ3) is 4.54. The number of amides is 1. The molecule has 3 rings (SSSR count). The van der Waals surface area contributed by atoms with Crippen LogP contribution in [0.2, 0.25) is 0 Å². The van der Waals surface area contributed by atoms with E-state index in [1.165, 1.54) is 4.31 Å². The first kappa shape index (κ1) is 19.1. The Labute approximate surface area is 159 Å². The molecule has 1 aliphatic rings. The lowest BCUT2D eigenvalue weighted by Crippen LogP contribution is -2.35. The van der Waals surface area contributed by atoms with Crippen LogP contribution in [0.5, 0.6) is 0 Å². The van der Waals surface area contributed by atoms with Crippen molar-refractivity contribution in [1.82, 2.24) is 9.62 Å². The maximum Gasteiger partial charge on any atom is 0.251 e. The predicted octanol–water partition coefficient (Wildman–Crippen LogP) is 2.66. The molecule has 1 amide bonds. The molecule has 0 bridgehead atoms. The third-order valence-electron chi connectivity index (χ3n) is 4.58. The fourth-order valence-electron chi connectivity index (χ4n) is 3.05. The average molecular weight is 383 g/mol. The van der Waals surface area contributed by atoms with Crippen LogP contribution < -0.4 is 5.32 Å². The van der Waals surface area contributed by atoms with Gasteiger partial charge < -0.3 is 5.32 Å². The van der Waals surface area contributed by atoms with Crippen LogP contribution in [0.1, 0.15) is 40.7 Å². The lowest BCUT2D eigenvalue weighted by atomic mass is 10.1. The van der Waals surface area contributed by atoms with E-state index in [2.05, 4.69) is 5.32 Å². The van der Waals surface area contributed by atoms with E-state index < -0.39 is 10.0 Å². The molecule has 0 aliphatic carbocycles. The summed E-state index contributed by atoms with van der Waals surface area (Å²) in [6.45, 7) is 1.34. The number of nitrogens with one attached hydrogen (secondary N) is 1. The Hall–Kier alpha value is -2.69. The Morgan fingerprint density at radius 2 is 1.78 bits per heavy atom. The van der Waals surface area contributed by atoms with Crippen molar-refractivity contribution in [1.29, 1.82) is 5.26 Å². The topological polar surface area (TPSA) is 90.3 Å². The van der Waals surface area contributed by atoms with Crippen molar-refractivity contribution >= 4 is 15.9 Å². The van der Waals surface area contributed by atoms with Crippen LogP contribution in [0.4, 0.5) is 0 Å². The standard InChI is InChI=1S/C20H21N3O3S/c21-14-16-7-9-18(10-8-16)20(24)22-15-17-5-4-6-19(13-17)27(25,26)23-11-2-1-3-12-23/h4-10,13H,1-3,11-12,15H2,(H,22,24). The average Bonchev–Trinajstić information content (AvgIpc) is 2.73. The van der Waals surface area contributed by atoms with Crippen LogP contribution in [0, 0.1) is 11.3 Å². The highest BCUT2D eigenvalue weighted by molar-refractivity contribution is 7.89. The van der Waals surface area contributed by atoms with Crippen molar-refractivity contribution in [2.75, 3.05) is 13.1 Å². The van der Waals surface area contributed by atoms with Gasteiger partial charge >= 0.3 is 0 Å². The van der Waals surface area contributed by atoms with Gasteiger partial charge in [0.2, 0.25) is 10.0 Å². The van der Waals surface area contributed by atoms with Gasteiger partial charge in [-0.15, -0.1) is 0 Å². The largest absolute Gasteiger partial charge is 0.348 e. The molecule has 1 aliphatic heterocycles. The molecule has 27 heavy (non-hydrogen) atoms. The van der Waals surface area contributed by atoms with Crippen molar-refractivity contribution in [3.8, 4) is 6.07 Å². The molecule has 2 aromatic carbocycles. The van der Waals surface area contributed by atoms with Gasteiger partial charge in [0.05, 0.1) is 16.5 Å². The lowest BCUT2D eigenvalue weighted by Gasteiger charge is -2.26. The summed E-state index contributed by atoms with van der Waals surface area (Å²) < 4.78 is 27.1. The monoisotopic (exact) mass is 383 g/mol. The first-order chi connectivity index (χ1) is 13.0. The SMILES string of the molecule is N#Cc1ccc(C(=O)NCc2cccc(S(=O)(=O)N3CCCCC3)c2)cc1. The van der Waals surface area contributed by atoms with Crippen LogP contribution in [0.15, 0.2) is 53.4 Å². The molecule has 0 unspecified atom stereocenters. The summed E-state index contributed by atoms with van der Waals surface area (Å²) in [6, 6.07) is 15.0. The van der Waals surface area contributed by atoms with Crippen molar-refractivity contribution < 1.29 is 13.2 Å². The normalized spacial score (nSPS) is 15.1. The van der Waals surface area contributed by atoms with Crippen LogP contribution in [-0.4, -0.2) is 31.7 Å². The summed E-state index contributed by atoms with van der Waals surface area (Å²) in [5.74, 6) is -0.274. The zero-order valence-electron chi connectivity index (χ0n) is 14.9. The number of carbonyl (C=O) groups excluding carboxylic acids is 1. The van der Waals surface area contributed by atoms with E-state index in [0.29, 0.717) is 24.2 Å². The number of sulfonamides is 1. The maximum absolute atomic E-state index is 12.8. The van der Waals surface area contributed by atoms with Gasteiger partial charge in [0.25, 0.3) is 5.91 Å². The molecule has 140 valence electrons. The molecule has 0 aromatic heterocycles. The number of hydrogen-bond acceptors (Lipinski definition) is 4. The predicted molar refractivity (Wildman–Crippen MR) is 101 cm³/mol. The van der Waals surface area contributed by atoms with Gasteiger partial charge in [-0.05, 0) is 54.8 Å². The molecule has 6 nitrogen and oxygen atoms in total. The van der Waals surface area contributed by atoms with Crippen LogP contribution in [0.25, 0.3) is 0 Å². The number of nitriles is 1. The van der Waals surface area contributed by atoms with Gasteiger partial charge in [0, 0.05) is 25.2 Å². The summed E-state index contributed by atoms with van der Waals surface area (Å²) in [5.41, 5.74) is 1.66. The van der Waals surface area contributed by atoms with Gasteiger partial charge in [0.1, 0.15) is 0 Å². The number of nitrogens with zero attached hydrogens (tertiary/aromatic N) is 2. The van der Waals surface area contributed by atoms with Crippen LogP contribution >= 0.6 is 0 Å². The number of hydrogen-bond donors (Lipinski definition) is 1. The van der Waals surface area contributed by atoms with Gasteiger partial charge in [-0.25, -0.2) is 8.42 Å². The molecular weight excluding hydrogens is 362 g/mol. The van der Waals surface area contributed by atoms with Crippen molar-refractivity contribution in [2.45, 2.75) is 30.7 Å². The Kier molecular flexibility index (Phi) is 5.89. The smallest absolute Gasteiger partial charge is 0.251 e. The van der Waals surface area contributed by atoms with Gasteiger partial charge in [-0.2, -0.15) is 9.57 Å². The second kappa shape index (κ2) is 8.33. The molecule has 0 saturated carbocycles. The van der Waals surface area contributed by atoms with E-state index in [1.807, 2.05) is 6.07 Å². The Morgan fingerprint density at radius 3 is 2.44 bits per heavy atom. The summed E-state index contributed by atoms with van der Waals surface area (Å²) in [7, 11) is -3.49. The van der Waals surface area contributed by atoms with E-state index in [0.717, 1.165) is 24.8 Å². The second-order valence-electron chi connectivity index (χ2n) is 6.48. The Bertz CT molecular complexity index is 957. The molecule has 0 atom stereocenters. The molecule has 1 N–H and O–H groups in total. The first-order valence-corrected chi connectivity index (χ1v) is 10.3. The summed E-state index contributed by atoms with van der Waals surface area (Å²) in [4.78, 5) is 12.5. The molecule has 7 heteroatoms. The van der Waals surface area contributed by atoms with Gasteiger partial charge in [0.15, 0.2) is 0 Å². The fourth-order valence-corrected chi connectivity index (χ4v) is 4.64. The number of carbonyl (C=O) groups is 1. The van der Waals surface area contributed by atoms with E-state index >= 15 is 0 Å². The van der Waals surface area contributed by atoms with Crippen LogP contribution in [-0.2, 0) is 16.6 Å². The van der Waals surface area contributed by atoms with Gasteiger partial charge in [-0.3, -0.25) is 4.79 Å². The highest BCUT2D eigenvalue weighted by Gasteiger charge is 2.25. The van der Waals surface area contributed by atoms with Crippen LogP contribution in [0.3, 0.4) is 0 Å². The molecular formula is C20H21N3O3S. The van der Waals surface area contributed by atoms with Crippen molar-refractivity contribution in [3.63, 3.8) is 0 Å². The number of benzene rings is 2. The van der Waals surface area contributed by atoms with E-state index in [1.54, 1.807) is 48.5 Å². The minimum atomic E-state index is -3.49. The molecule has 0 spiro atoms. The van der Waals surface area contributed by atoms with E-state index in [4.69, 9.17) is 5.26 Å². The summed E-state index contributed by atoms with van der Waals surface area (Å²) in [6.07, 6.45) is 2.84. The maximum atomic E-state index is 12.8. The number of rotatable bonds is 5. The quantitative estimate of drug-likeness (QED) is 0.859. The van der Waals surface area contributed by atoms with Gasteiger partial charge in [-0.1, -0.05) is 18.6 Å². The highest BCUT2D eigenvalue weighted by atomic mass is 32.2. The Morgan fingerprint density at radius 1 is 1.07 bits per heavy atom. The summed E-state index contributed by atoms with van der Waals surface area (Å²) >= 11 is 0. The van der Waals surface area contributed by atoms with E-state index in [9.17, 15) is 13.2 Å². The molecule has 1 saturated heterocycles. The minimum absolute atomic E-state index is 0.224. The first-order valence-electron chi connectivity index (χ1n) is 8.88. The van der Waals surface area contributed by atoms with E-state index in [-0.39, 0.29) is 17.3 Å². The molecule has 2 aromatic rings. The minimum Gasteiger partial charge on any atom is -0.348 e. The lowest BCUT2D eigenvalue weighted by molar-refractivity contribution is 0.0951. The third-order valence-corrected chi connectivity index (χ3v) is 6.48. The molecule has 0 radical (unpaired) electrons. The molecule has 1 heterocycles.